The first-order valence-electron chi connectivity index (χ1n) is 6.66. The summed E-state index contributed by atoms with van der Waals surface area (Å²) in [5, 5.41) is 9.88. The van der Waals surface area contributed by atoms with Gasteiger partial charge in [0.05, 0.1) is 17.7 Å². The van der Waals surface area contributed by atoms with Crippen molar-refractivity contribution in [3.8, 4) is 6.07 Å². The molecule has 5 heteroatoms. The molecule has 2 rings (SSSR count). The van der Waals surface area contributed by atoms with Gasteiger partial charge in [-0.3, -0.25) is 4.79 Å². The number of hydrogen-bond acceptors (Lipinski definition) is 2. The fourth-order valence-corrected chi connectivity index (χ4v) is 2.68. The lowest BCUT2D eigenvalue weighted by molar-refractivity contribution is 0.0743. The molecule has 0 bridgehead atoms. The fraction of sp³-hybridized carbons (Fsp3) is 0.176. The van der Waals surface area contributed by atoms with Crippen LogP contribution in [0.5, 0.6) is 0 Å². The maximum Gasteiger partial charge on any atom is 0.254 e. The highest BCUT2D eigenvalue weighted by molar-refractivity contribution is 6.35. The van der Waals surface area contributed by atoms with Crippen molar-refractivity contribution in [2.24, 2.45) is 0 Å². The Morgan fingerprint density at radius 3 is 2.36 bits per heavy atom. The molecule has 1 atom stereocenters. The van der Waals surface area contributed by atoms with E-state index in [-0.39, 0.29) is 11.9 Å². The number of benzene rings is 2. The van der Waals surface area contributed by atoms with Gasteiger partial charge in [0.1, 0.15) is 0 Å². The van der Waals surface area contributed by atoms with Gasteiger partial charge in [-0.25, -0.2) is 0 Å². The molecular weight excluding hydrogens is 319 g/mol. The number of rotatable bonds is 3. The zero-order valence-corrected chi connectivity index (χ0v) is 13.7. The Morgan fingerprint density at radius 2 is 1.82 bits per heavy atom. The molecule has 1 amide bonds. The Morgan fingerprint density at radius 1 is 1.18 bits per heavy atom. The Hall–Kier alpha value is -2.02. The lowest BCUT2D eigenvalue weighted by Gasteiger charge is -2.26. The molecule has 0 radical (unpaired) electrons. The van der Waals surface area contributed by atoms with Crippen molar-refractivity contribution in [3.63, 3.8) is 0 Å². The normalized spacial score (nSPS) is 11.6. The van der Waals surface area contributed by atoms with E-state index < -0.39 is 0 Å². The summed E-state index contributed by atoms with van der Waals surface area (Å²) in [5.41, 5.74) is 1.88. The Kier molecular flexibility index (Phi) is 5.07. The van der Waals surface area contributed by atoms with Gasteiger partial charge in [0, 0.05) is 22.7 Å². The molecule has 0 unspecified atom stereocenters. The molecule has 0 heterocycles. The molecule has 2 aromatic rings. The van der Waals surface area contributed by atoms with E-state index in [0.717, 1.165) is 5.56 Å². The molecular formula is C17H14Cl2N2O. The molecule has 0 fully saturated rings. The summed E-state index contributed by atoms with van der Waals surface area (Å²) in [5.74, 6) is -0.136. The van der Waals surface area contributed by atoms with Gasteiger partial charge >= 0.3 is 0 Å². The third-order valence-corrected chi connectivity index (χ3v) is 4.14. The molecule has 0 spiro atoms. The molecule has 22 heavy (non-hydrogen) atoms. The number of nitrogens with zero attached hydrogens (tertiary/aromatic N) is 2. The van der Waals surface area contributed by atoms with E-state index in [4.69, 9.17) is 28.5 Å². The Balaban J connectivity index is 2.23. The van der Waals surface area contributed by atoms with Crippen molar-refractivity contribution in [1.29, 1.82) is 5.26 Å². The van der Waals surface area contributed by atoms with Crippen molar-refractivity contribution in [2.75, 3.05) is 7.05 Å². The van der Waals surface area contributed by atoms with Crippen molar-refractivity contribution in [1.82, 2.24) is 4.90 Å². The highest BCUT2D eigenvalue weighted by atomic mass is 35.5. The quantitative estimate of drug-likeness (QED) is 0.817. The maximum absolute atomic E-state index is 12.5. The largest absolute Gasteiger partial charge is 0.335 e. The van der Waals surface area contributed by atoms with E-state index in [1.54, 1.807) is 48.3 Å². The summed E-state index contributed by atoms with van der Waals surface area (Å²) < 4.78 is 0. The third-order valence-electron chi connectivity index (χ3n) is 3.57. The maximum atomic E-state index is 12.5. The molecule has 0 aliphatic rings. The van der Waals surface area contributed by atoms with Crippen LogP contribution in [0, 0.1) is 11.3 Å². The van der Waals surface area contributed by atoms with Crippen LogP contribution in [0.2, 0.25) is 10.0 Å². The van der Waals surface area contributed by atoms with Gasteiger partial charge < -0.3 is 4.90 Å². The zero-order chi connectivity index (χ0) is 16.3. The monoisotopic (exact) mass is 332 g/mol. The van der Waals surface area contributed by atoms with Gasteiger partial charge in [0.2, 0.25) is 0 Å². The van der Waals surface area contributed by atoms with Crippen LogP contribution < -0.4 is 0 Å². The van der Waals surface area contributed by atoms with Crippen LogP contribution in [0.3, 0.4) is 0 Å². The number of carbonyl (C=O) groups is 1. The van der Waals surface area contributed by atoms with E-state index in [1.165, 1.54) is 0 Å². The molecule has 2 aromatic carbocycles. The second kappa shape index (κ2) is 6.83. The summed E-state index contributed by atoms with van der Waals surface area (Å²) >= 11 is 12.1. The number of halogens is 2. The van der Waals surface area contributed by atoms with E-state index in [2.05, 4.69) is 0 Å². The average molecular weight is 333 g/mol. The SMILES string of the molecule is C[C@@H](c1ccc(Cl)cc1Cl)N(C)C(=O)c1ccc(C#N)cc1. The van der Waals surface area contributed by atoms with Crippen LogP contribution in [0.15, 0.2) is 42.5 Å². The standard InChI is InChI=1S/C17H14Cl2N2O/c1-11(15-8-7-14(18)9-16(15)19)21(2)17(22)13-5-3-12(10-20)4-6-13/h3-9,11H,1-2H3/t11-/m0/s1. The van der Waals surface area contributed by atoms with Gasteiger partial charge in [0.25, 0.3) is 5.91 Å². The Bertz CT molecular complexity index is 735. The number of amides is 1. The van der Waals surface area contributed by atoms with Gasteiger partial charge in [-0.15, -0.1) is 0 Å². The first-order valence-corrected chi connectivity index (χ1v) is 7.42. The summed E-state index contributed by atoms with van der Waals surface area (Å²) in [7, 11) is 1.72. The van der Waals surface area contributed by atoms with Gasteiger partial charge in [-0.2, -0.15) is 5.26 Å². The molecule has 0 aliphatic carbocycles. The summed E-state index contributed by atoms with van der Waals surface area (Å²) in [6.07, 6.45) is 0. The molecule has 0 saturated carbocycles. The van der Waals surface area contributed by atoms with Crippen molar-refractivity contribution in [2.45, 2.75) is 13.0 Å². The Labute approximate surface area is 139 Å². The topological polar surface area (TPSA) is 44.1 Å². The van der Waals surface area contributed by atoms with Crippen LogP contribution in [0.1, 0.15) is 34.5 Å². The van der Waals surface area contributed by atoms with Crippen LogP contribution in [-0.4, -0.2) is 17.9 Å². The van der Waals surface area contributed by atoms with Crippen LogP contribution in [0.25, 0.3) is 0 Å². The highest BCUT2D eigenvalue weighted by Gasteiger charge is 2.20. The minimum atomic E-state index is -0.201. The van der Waals surface area contributed by atoms with Crippen LogP contribution >= 0.6 is 23.2 Å². The first kappa shape index (κ1) is 16.4. The minimum Gasteiger partial charge on any atom is -0.335 e. The second-order valence-electron chi connectivity index (χ2n) is 4.95. The second-order valence-corrected chi connectivity index (χ2v) is 5.79. The van der Waals surface area contributed by atoms with Gasteiger partial charge in [0.15, 0.2) is 0 Å². The predicted octanol–water partition coefficient (Wildman–Crippen LogP) is 4.70. The molecule has 0 saturated heterocycles. The average Bonchev–Trinajstić information content (AvgIpc) is 2.53. The van der Waals surface area contributed by atoms with E-state index >= 15 is 0 Å². The molecule has 3 nitrogen and oxygen atoms in total. The smallest absolute Gasteiger partial charge is 0.254 e. The zero-order valence-electron chi connectivity index (χ0n) is 12.2. The minimum absolute atomic E-state index is 0.136. The number of carbonyl (C=O) groups excluding carboxylic acids is 1. The van der Waals surface area contributed by atoms with E-state index in [9.17, 15) is 4.79 Å². The molecule has 0 N–H and O–H groups in total. The van der Waals surface area contributed by atoms with Gasteiger partial charge in [-0.05, 0) is 48.9 Å². The van der Waals surface area contributed by atoms with Crippen molar-refractivity contribution >= 4 is 29.1 Å². The first-order chi connectivity index (χ1) is 10.4. The van der Waals surface area contributed by atoms with Crippen molar-refractivity contribution in [3.05, 3.63) is 69.2 Å². The lowest BCUT2D eigenvalue weighted by atomic mass is 10.1. The van der Waals surface area contributed by atoms with Gasteiger partial charge in [-0.1, -0.05) is 29.3 Å². The summed E-state index contributed by atoms with van der Waals surface area (Å²) in [6, 6.07) is 13.6. The van der Waals surface area contributed by atoms with Crippen LogP contribution in [0.4, 0.5) is 0 Å². The molecule has 0 aliphatic heterocycles. The molecule has 0 aromatic heterocycles. The highest BCUT2D eigenvalue weighted by Crippen LogP contribution is 2.29. The predicted molar refractivity (Wildman–Crippen MR) is 88.1 cm³/mol. The van der Waals surface area contributed by atoms with Crippen LogP contribution in [-0.2, 0) is 0 Å². The fourth-order valence-electron chi connectivity index (χ4n) is 2.12. The lowest BCUT2D eigenvalue weighted by Crippen LogP contribution is -2.29. The number of hydrogen-bond donors (Lipinski definition) is 0. The van der Waals surface area contributed by atoms with E-state index in [1.807, 2.05) is 19.1 Å². The third kappa shape index (κ3) is 3.41. The summed E-state index contributed by atoms with van der Waals surface area (Å²) in [6.45, 7) is 1.90. The molecule has 112 valence electrons. The summed E-state index contributed by atoms with van der Waals surface area (Å²) in [4.78, 5) is 14.1. The van der Waals surface area contributed by atoms with E-state index in [0.29, 0.717) is 21.2 Å². The van der Waals surface area contributed by atoms with Crippen molar-refractivity contribution < 1.29 is 4.79 Å². The number of nitriles is 1.